The van der Waals surface area contributed by atoms with Crippen LogP contribution in [0.25, 0.3) is 11.3 Å². The number of aromatic nitrogens is 4. The van der Waals surface area contributed by atoms with Gasteiger partial charge in [0.05, 0.1) is 30.7 Å². The second kappa shape index (κ2) is 9.13. The number of benzene rings is 1. The molecule has 1 aliphatic rings. The average Bonchev–Trinajstić information content (AvgIpc) is 3.37. The largest absolute Gasteiger partial charge is 0.378 e. The Balaban J connectivity index is 1.40. The number of morpholine rings is 1. The summed E-state index contributed by atoms with van der Waals surface area (Å²) in [6.45, 7) is 2.42. The Morgan fingerprint density at radius 2 is 1.87 bits per heavy atom. The molecule has 0 radical (unpaired) electrons. The van der Waals surface area contributed by atoms with Gasteiger partial charge in [0.15, 0.2) is 0 Å². The molecular formula is C22H26N6O3. The Morgan fingerprint density at radius 1 is 1.13 bits per heavy atom. The maximum absolute atomic E-state index is 12.8. The molecule has 0 aliphatic carbocycles. The monoisotopic (exact) mass is 422 g/mol. The van der Waals surface area contributed by atoms with Crippen LogP contribution in [0.5, 0.6) is 0 Å². The van der Waals surface area contributed by atoms with Crippen molar-refractivity contribution in [3.05, 3.63) is 59.8 Å². The zero-order chi connectivity index (χ0) is 21.8. The van der Waals surface area contributed by atoms with Gasteiger partial charge in [0.2, 0.25) is 0 Å². The number of carbonyl (C=O) groups excluding carboxylic acids is 2. The van der Waals surface area contributed by atoms with E-state index in [1.165, 1.54) is 10.9 Å². The fraction of sp³-hybridized carbons (Fsp3) is 0.364. The van der Waals surface area contributed by atoms with E-state index in [1.54, 1.807) is 11.9 Å². The maximum Gasteiger partial charge on any atom is 0.270 e. The zero-order valence-electron chi connectivity index (χ0n) is 17.7. The molecule has 4 rings (SSSR count). The molecule has 9 nitrogen and oxygen atoms in total. The first kappa shape index (κ1) is 20.8. The number of hydrogen-bond donors (Lipinski definition) is 1. The van der Waals surface area contributed by atoms with Crippen molar-refractivity contribution in [2.24, 2.45) is 14.1 Å². The molecule has 162 valence electrons. The van der Waals surface area contributed by atoms with Crippen LogP contribution in [0.1, 0.15) is 26.7 Å². The summed E-state index contributed by atoms with van der Waals surface area (Å²) in [5.41, 5.74) is 2.52. The molecule has 3 aromatic rings. The molecule has 1 N–H and O–H groups in total. The lowest BCUT2D eigenvalue weighted by atomic mass is 10.2. The molecule has 31 heavy (non-hydrogen) atoms. The van der Waals surface area contributed by atoms with E-state index in [9.17, 15) is 9.59 Å². The summed E-state index contributed by atoms with van der Waals surface area (Å²) in [5.74, 6) is 0.348. The van der Waals surface area contributed by atoms with Gasteiger partial charge in [-0.05, 0) is 0 Å². The molecule has 1 aliphatic heterocycles. The lowest BCUT2D eigenvalue weighted by molar-refractivity contribution is 0.0301. The summed E-state index contributed by atoms with van der Waals surface area (Å²) >= 11 is 0. The number of nitrogens with zero attached hydrogens (tertiary/aromatic N) is 5. The molecule has 1 aromatic carbocycles. The third-order valence-corrected chi connectivity index (χ3v) is 5.36. The van der Waals surface area contributed by atoms with E-state index in [1.807, 2.05) is 48.1 Å². The van der Waals surface area contributed by atoms with Gasteiger partial charge in [-0.25, -0.2) is 4.98 Å². The summed E-state index contributed by atoms with van der Waals surface area (Å²) in [7, 11) is 3.60. The quantitative estimate of drug-likeness (QED) is 0.646. The minimum absolute atomic E-state index is 0.196. The van der Waals surface area contributed by atoms with E-state index in [2.05, 4.69) is 15.4 Å². The minimum atomic E-state index is -0.325. The SMILES string of the molecule is Cn1cc(-c2ccccc2)nc1CCNC(=O)c1c(C(=O)N2CCOCC2)cnn1C. The second-order valence-corrected chi connectivity index (χ2v) is 7.46. The third kappa shape index (κ3) is 4.51. The van der Waals surface area contributed by atoms with Crippen LogP contribution in [-0.2, 0) is 25.3 Å². The summed E-state index contributed by atoms with van der Waals surface area (Å²) in [6, 6.07) is 9.97. The Bertz CT molecular complexity index is 1070. The number of nitrogens with one attached hydrogen (secondary N) is 1. The highest BCUT2D eigenvalue weighted by Gasteiger charge is 2.26. The number of imidazole rings is 1. The molecule has 1 fully saturated rings. The molecule has 1 saturated heterocycles. The van der Waals surface area contributed by atoms with E-state index in [0.29, 0.717) is 44.8 Å². The number of hydrogen-bond acceptors (Lipinski definition) is 5. The highest BCUT2D eigenvalue weighted by Crippen LogP contribution is 2.18. The lowest BCUT2D eigenvalue weighted by Gasteiger charge is -2.26. The first-order chi connectivity index (χ1) is 15.0. The summed E-state index contributed by atoms with van der Waals surface area (Å²) in [6.07, 6.45) is 4.00. The Hall–Kier alpha value is -3.46. The minimum Gasteiger partial charge on any atom is -0.378 e. The van der Waals surface area contributed by atoms with Crippen LogP contribution in [-0.4, -0.2) is 68.9 Å². The molecule has 0 saturated carbocycles. The predicted molar refractivity (Wildman–Crippen MR) is 115 cm³/mol. The molecular weight excluding hydrogens is 396 g/mol. The Kier molecular flexibility index (Phi) is 6.13. The molecule has 9 heteroatoms. The third-order valence-electron chi connectivity index (χ3n) is 5.36. The van der Waals surface area contributed by atoms with Gasteiger partial charge in [-0.3, -0.25) is 14.3 Å². The van der Waals surface area contributed by atoms with E-state index in [0.717, 1.165) is 17.1 Å². The fourth-order valence-electron chi connectivity index (χ4n) is 3.66. The van der Waals surface area contributed by atoms with Gasteiger partial charge in [-0.15, -0.1) is 0 Å². The van der Waals surface area contributed by atoms with E-state index >= 15 is 0 Å². The van der Waals surface area contributed by atoms with Crippen molar-refractivity contribution in [1.29, 1.82) is 0 Å². The number of rotatable bonds is 6. The first-order valence-electron chi connectivity index (χ1n) is 10.3. The van der Waals surface area contributed by atoms with Crippen molar-refractivity contribution in [2.75, 3.05) is 32.8 Å². The molecule has 0 unspecified atom stereocenters. The van der Waals surface area contributed by atoms with Crippen LogP contribution < -0.4 is 5.32 Å². The molecule has 0 atom stereocenters. The van der Waals surface area contributed by atoms with Crippen LogP contribution in [0.15, 0.2) is 42.7 Å². The smallest absolute Gasteiger partial charge is 0.270 e. The first-order valence-corrected chi connectivity index (χ1v) is 10.3. The predicted octanol–water partition coefficient (Wildman–Crippen LogP) is 1.27. The van der Waals surface area contributed by atoms with Crippen molar-refractivity contribution < 1.29 is 14.3 Å². The van der Waals surface area contributed by atoms with Crippen LogP contribution >= 0.6 is 0 Å². The Morgan fingerprint density at radius 3 is 2.61 bits per heavy atom. The van der Waals surface area contributed by atoms with Crippen molar-refractivity contribution >= 4 is 11.8 Å². The highest BCUT2D eigenvalue weighted by atomic mass is 16.5. The molecule has 2 aromatic heterocycles. The molecule has 0 bridgehead atoms. The van der Waals surface area contributed by atoms with Gasteiger partial charge in [0.25, 0.3) is 11.8 Å². The van der Waals surface area contributed by atoms with Crippen molar-refractivity contribution in [1.82, 2.24) is 29.5 Å². The van der Waals surface area contributed by atoms with E-state index in [4.69, 9.17) is 4.74 Å². The van der Waals surface area contributed by atoms with Gasteiger partial charge in [-0.2, -0.15) is 5.10 Å². The van der Waals surface area contributed by atoms with Crippen molar-refractivity contribution in [3.63, 3.8) is 0 Å². The lowest BCUT2D eigenvalue weighted by Crippen LogP contribution is -2.41. The Labute approximate surface area is 180 Å². The zero-order valence-corrected chi connectivity index (χ0v) is 17.7. The summed E-state index contributed by atoms with van der Waals surface area (Å²) in [4.78, 5) is 32.1. The molecule has 2 amide bonds. The van der Waals surface area contributed by atoms with Gasteiger partial charge in [0.1, 0.15) is 11.5 Å². The normalized spacial score (nSPS) is 13.9. The van der Waals surface area contributed by atoms with E-state index in [-0.39, 0.29) is 17.5 Å². The number of ether oxygens (including phenoxy) is 1. The van der Waals surface area contributed by atoms with Crippen LogP contribution in [0.4, 0.5) is 0 Å². The number of aryl methyl sites for hydroxylation is 2. The molecule has 0 spiro atoms. The van der Waals surface area contributed by atoms with Crippen LogP contribution in [0, 0.1) is 0 Å². The average molecular weight is 422 g/mol. The van der Waals surface area contributed by atoms with Gasteiger partial charge in [-0.1, -0.05) is 30.3 Å². The highest BCUT2D eigenvalue weighted by molar-refractivity contribution is 6.06. The van der Waals surface area contributed by atoms with Gasteiger partial charge >= 0.3 is 0 Å². The topological polar surface area (TPSA) is 94.3 Å². The van der Waals surface area contributed by atoms with Crippen molar-refractivity contribution in [3.8, 4) is 11.3 Å². The van der Waals surface area contributed by atoms with Crippen LogP contribution in [0.2, 0.25) is 0 Å². The van der Waals surface area contributed by atoms with Gasteiger partial charge < -0.3 is 19.5 Å². The maximum atomic E-state index is 12.8. The van der Waals surface area contributed by atoms with Gasteiger partial charge in [0, 0.05) is 51.9 Å². The standard InChI is InChI=1S/C22H26N6O3/c1-26-15-18(16-6-4-3-5-7-16)25-19(26)8-9-23-21(29)20-17(14-24-27(20)2)22(30)28-10-12-31-13-11-28/h3-7,14-15H,8-13H2,1-2H3,(H,23,29). The number of carbonyl (C=O) groups is 2. The van der Waals surface area contributed by atoms with Crippen molar-refractivity contribution in [2.45, 2.75) is 6.42 Å². The summed E-state index contributed by atoms with van der Waals surface area (Å²) < 4.78 is 8.71. The molecule has 3 heterocycles. The second-order valence-electron chi connectivity index (χ2n) is 7.46. The van der Waals surface area contributed by atoms with Crippen LogP contribution in [0.3, 0.4) is 0 Å². The van der Waals surface area contributed by atoms with E-state index < -0.39 is 0 Å². The summed E-state index contributed by atoms with van der Waals surface area (Å²) in [5, 5.41) is 7.03. The fourth-order valence-corrected chi connectivity index (χ4v) is 3.66. The number of amides is 2.